The second-order valence-electron chi connectivity index (χ2n) is 3.20. The predicted molar refractivity (Wildman–Crippen MR) is 59.6 cm³/mol. The Kier molecular flexibility index (Phi) is 2.61. The number of hydrogen-bond donors (Lipinski definition) is 0. The zero-order valence-corrected chi connectivity index (χ0v) is 9.02. The molecule has 4 nitrogen and oxygen atoms in total. The van der Waals surface area contributed by atoms with Gasteiger partial charge in [0.15, 0.2) is 11.5 Å². The van der Waals surface area contributed by atoms with Crippen molar-refractivity contribution in [1.29, 1.82) is 5.26 Å². The van der Waals surface area contributed by atoms with Crippen LogP contribution in [0.25, 0.3) is 10.8 Å². The lowest BCUT2D eigenvalue weighted by Crippen LogP contribution is -1.92. The van der Waals surface area contributed by atoms with Gasteiger partial charge in [0.05, 0.1) is 14.2 Å². The Morgan fingerprint density at radius 3 is 2.50 bits per heavy atom. The molecule has 0 saturated heterocycles. The van der Waals surface area contributed by atoms with Gasteiger partial charge in [0, 0.05) is 11.6 Å². The van der Waals surface area contributed by atoms with E-state index in [0.717, 1.165) is 10.8 Å². The average molecular weight is 214 g/mol. The molecule has 0 aliphatic carbocycles. The zero-order valence-electron chi connectivity index (χ0n) is 9.02. The summed E-state index contributed by atoms with van der Waals surface area (Å²) in [5, 5.41) is 10.6. The summed E-state index contributed by atoms with van der Waals surface area (Å²) in [6.45, 7) is 0. The summed E-state index contributed by atoms with van der Waals surface area (Å²) in [5.41, 5.74) is 0.387. The van der Waals surface area contributed by atoms with Crippen LogP contribution < -0.4 is 9.47 Å². The number of hydrogen-bond acceptors (Lipinski definition) is 4. The third kappa shape index (κ3) is 1.52. The molecule has 1 heterocycles. The van der Waals surface area contributed by atoms with Crippen molar-refractivity contribution < 1.29 is 9.47 Å². The maximum atomic E-state index is 8.94. The number of nitrogens with zero attached hydrogens (tertiary/aromatic N) is 2. The van der Waals surface area contributed by atoms with E-state index in [1.54, 1.807) is 26.5 Å². The van der Waals surface area contributed by atoms with Gasteiger partial charge in [-0.15, -0.1) is 0 Å². The molecule has 0 fully saturated rings. The summed E-state index contributed by atoms with van der Waals surface area (Å²) >= 11 is 0. The molecular formula is C12H10N2O2. The van der Waals surface area contributed by atoms with Crippen LogP contribution in [0.3, 0.4) is 0 Å². The molecule has 1 aromatic heterocycles. The van der Waals surface area contributed by atoms with Gasteiger partial charge in [0.1, 0.15) is 11.8 Å². The number of rotatable bonds is 2. The number of methoxy groups -OCH3 is 2. The molecule has 4 heteroatoms. The molecule has 16 heavy (non-hydrogen) atoms. The van der Waals surface area contributed by atoms with Gasteiger partial charge in [-0.3, -0.25) is 0 Å². The predicted octanol–water partition coefficient (Wildman–Crippen LogP) is 2.12. The molecule has 1 aromatic carbocycles. The van der Waals surface area contributed by atoms with E-state index in [2.05, 4.69) is 11.1 Å². The first kappa shape index (κ1) is 10.2. The second kappa shape index (κ2) is 4.07. The van der Waals surface area contributed by atoms with Crippen LogP contribution in [0, 0.1) is 11.3 Å². The van der Waals surface area contributed by atoms with E-state index in [-0.39, 0.29) is 0 Å². The number of aromatic nitrogens is 1. The fraction of sp³-hybridized carbons (Fsp3) is 0.167. The quantitative estimate of drug-likeness (QED) is 0.768. The van der Waals surface area contributed by atoms with Crippen molar-refractivity contribution in [2.24, 2.45) is 0 Å². The minimum absolute atomic E-state index is 0.387. The van der Waals surface area contributed by atoms with Gasteiger partial charge in [-0.05, 0) is 23.6 Å². The first-order chi connectivity index (χ1) is 7.80. The van der Waals surface area contributed by atoms with Crippen molar-refractivity contribution in [3.8, 4) is 17.6 Å². The van der Waals surface area contributed by atoms with E-state index in [0.29, 0.717) is 17.2 Å². The summed E-state index contributed by atoms with van der Waals surface area (Å²) in [7, 11) is 3.14. The molecular weight excluding hydrogens is 204 g/mol. The van der Waals surface area contributed by atoms with Gasteiger partial charge in [-0.2, -0.15) is 5.26 Å². The lowest BCUT2D eigenvalue weighted by atomic mass is 10.1. The van der Waals surface area contributed by atoms with Crippen LogP contribution in [0.5, 0.6) is 11.5 Å². The molecule has 0 aliphatic heterocycles. The van der Waals surface area contributed by atoms with E-state index in [1.807, 2.05) is 12.1 Å². The first-order valence-corrected chi connectivity index (χ1v) is 4.71. The molecule has 0 unspecified atom stereocenters. The highest BCUT2D eigenvalue weighted by Crippen LogP contribution is 2.32. The lowest BCUT2D eigenvalue weighted by Gasteiger charge is -2.09. The fourth-order valence-electron chi connectivity index (χ4n) is 1.59. The van der Waals surface area contributed by atoms with Crippen molar-refractivity contribution in [3.05, 3.63) is 30.1 Å². The molecule has 0 radical (unpaired) electrons. The Balaban J connectivity index is 2.79. The van der Waals surface area contributed by atoms with Crippen LogP contribution in [0.2, 0.25) is 0 Å². The topological polar surface area (TPSA) is 55.1 Å². The van der Waals surface area contributed by atoms with Crippen molar-refractivity contribution in [3.63, 3.8) is 0 Å². The van der Waals surface area contributed by atoms with E-state index < -0.39 is 0 Å². The SMILES string of the molecule is COc1cc2ccnc(C#N)c2cc1OC. The molecule has 0 saturated carbocycles. The third-order valence-electron chi connectivity index (χ3n) is 2.37. The van der Waals surface area contributed by atoms with Gasteiger partial charge in [0.2, 0.25) is 0 Å². The van der Waals surface area contributed by atoms with Gasteiger partial charge in [0.25, 0.3) is 0 Å². The van der Waals surface area contributed by atoms with Gasteiger partial charge in [-0.25, -0.2) is 4.98 Å². The highest BCUT2D eigenvalue weighted by molar-refractivity contribution is 5.89. The first-order valence-electron chi connectivity index (χ1n) is 4.71. The minimum atomic E-state index is 0.387. The normalized spacial score (nSPS) is 9.81. The van der Waals surface area contributed by atoms with Crippen LogP contribution in [-0.4, -0.2) is 19.2 Å². The summed E-state index contributed by atoms with van der Waals surface area (Å²) in [6, 6.07) is 7.48. The Hall–Kier alpha value is -2.28. The molecule has 0 aliphatic rings. The summed E-state index contributed by atoms with van der Waals surface area (Å²) in [4.78, 5) is 4.00. The lowest BCUT2D eigenvalue weighted by molar-refractivity contribution is 0.356. The van der Waals surface area contributed by atoms with Crippen LogP contribution >= 0.6 is 0 Å². The molecule has 0 bridgehead atoms. The maximum absolute atomic E-state index is 8.94. The van der Waals surface area contributed by atoms with Crippen LogP contribution in [0.4, 0.5) is 0 Å². The number of benzene rings is 1. The monoisotopic (exact) mass is 214 g/mol. The fourth-order valence-corrected chi connectivity index (χ4v) is 1.59. The number of ether oxygens (including phenoxy) is 2. The highest BCUT2D eigenvalue weighted by atomic mass is 16.5. The molecule has 0 N–H and O–H groups in total. The third-order valence-corrected chi connectivity index (χ3v) is 2.37. The van der Waals surface area contributed by atoms with Crippen molar-refractivity contribution in [2.75, 3.05) is 14.2 Å². The van der Waals surface area contributed by atoms with E-state index in [9.17, 15) is 0 Å². The second-order valence-corrected chi connectivity index (χ2v) is 3.20. The number of nitriles is 1. The standard InChI is InChI=1S/C12H10N2O2/c1-15-11-5-8-3-4-14-10(7-13)9(8)6-12(11)16-2/h3-6H,1-2H3. The number of pyridine rings is 1. The van der Waals surface area contributed by atoms with E-state index >= 15 is 0 Å². The Morgan fingerprint density at radius 2 is 1.88 bits per heavy atom. The Bertz CT molecular complexity index is 573. The van der Waals surface area contributed by atoms with Gasteiger partial charge in [-0.1, -0.05) is 0 Å². The molecule has 2 aromatic rings. The molecule has 0 atom stereocenters. The minimum Gasteiger partial charge on any atom is -0.493 e. The average Bonchev–Trinajstić information content (AvgIpc) is 2.36. The highest BCUT2D eigenvalue weighted by Gasteiger charge is 2.08. The Morgan fingerprint density at radius 1 is 1.19 bits per heavy atom. The van der Waals surface area contributed by atoms with Crippen LogP contribution in [-0.2, 0) is 0 Å². The van der Waals surface area contributed by atoms with Gasteiger partial charge >= 0.3 is 0 Å². The smallest absolute Gasteiger partial charge is 0.161 e. The van der Waals surface area contributed by atoms with Crippen LogP contribution in [0.15, 0.2) is 24.4 Å². The van der Waals surface area contributed by atoms with Crippen LogP contribution in [0.1, 0.15) is 5.69 Å². The maximum Gasteiger partial charge on any atom is 0.161 e. The molecule has 2 rings (SSSR count). The summed E-state index contributed by atoms with van der Waals surface area (Å²) in [6.07, 6.45) is 1.60. The van der Waals surface area contributed by atoms with Crippen molar-refractivity contribution in [1.82, 2.24) is 4.98 Å². The van der Waals surface area contributed by atoms with E-state index in [1.165, 1.54) is 0 Å². The zero-order chi connectivity index (χ0) is 11.5. The summed E-state index contributed by atoms with van der Waals surface area (Å²) < 4.78 is 10.4. The molecule has 0 amide bonds. The number of fused-ring (bicyclic) bond motifs is 1. The largest absolute Gasteiger partial charge is 0.493 e. The molecule has 80 valence electrons. The molecule has 0 spiro atoms. The van der Waals surface area contributed by atoms with E-state index in [4.69, 9.17) is 14.7 Å². The van der Waals surface area contributed by atoms with Gasteiger partial charge < -0.3 is 9.47 Å². The van der Waals surface area contributed by atoms with Crippen molar-refractivity contribution in [2.45, 2.75) is 0 Å². The van der Waals surface area contributed by atoms with Crippen molar-refractivity contribution >= 4 is 10.8 Å². The summed E-state index contributed by atoms with van der Waals surface area (Å²) in [5.74, 6) is 1.24. The Labute approximate surface area is 93.0 Å².